The van der Waals surface area contributed by atoms with E-state index in [4.69, 9.17) is 0 Å². The summed E-state index contributed by atoms with van der Waals surface area (Å²) in [6, 6.07) is 0.929. The van der Waals surface area contributed by atoms with Crippen LogP contribution in [-0.2, 0) is 0 Å². The molecular weight excluding hydrogens is 224 g/mol. The SMILES string of the molecule is CCC(CC)(CO)CNCC1CCN(C2CC2)C1. The van der Waals surface area contributed by atoms with Gasteiger partial charge in [-0.1, -0.05) is 13.8 Å². The summed E-state index contributed by atoms with van der Waals surface area (Å²) in [5.74, 6) is 0.829. The second-order valence-electron chi connectivity index (χ2n) is 6.38. The first kappa shape index (κ1) is 14.3. The van der Waals surface area contributed by atoms with E-state index in [1.165, 1.54) is 32.4 Å². The topological polar surface area (TPSA) is 35.5 Å². The van der Waals surface area contributed by atoms with Gasteiger partial charge < -0.3 is 15.3 Å². The molecule has 18 heavy (non-hydrogen) atoms. The number of hydrogen-bond donors (Lipinski definition) is 2. The third-order valence-corrected chi connectivity index (χ3v) is 5.15. The first-order valence-corrected chi connectivity index (χ1v) is 7.78. The molecule has 1 atom stereocenters. The predicted molar refractivity (Wildman–Crippen MR) is 75.7 cm³/mol. The molecule has 0 amide bonds. The van der Waals surface area contributed by atoms with Crippen LogP contribution >= 0.6 is 0 Å². The predicted octanol–water partition coefficient (Wildman–Crippen LogP) is 1.86. The molecule has 2 rings (SSSR count). The minimum absolute atomic E-state index is 0.106. The summed E-state index contributed by atoms with van der Waals surface area (Å²) in [5.41, 5.74) is 0.106. The highest BCUT2D eigenvalue weighted by Gasteiger charge is 2.34. The lowest BCUT2D eigenvalue weighted by Crippen LogP contribution is -2.39. The standard InChI is InChI=1S/C15H30N2O/c1-3-15(4-2,12-18)11-16-9-13-7-8-17(10-13)14-5-6-14/h13-14,16,18H,3-12H2,1-2H3. The molecule has 3 nitrogen and oxygen atoms in total. The zero-order chi connectivity index (χ0) is 13.0. The molecule has 3 heteroatoms. The highest BCUT2D eigenvalue weighted by Crippen LogP contribution is 2.31. The Morgan fingerprint density at radius 3 is 2.50 bits per heavy atom. The number of aliphatic hydroxyl groups excluding tert-OH is 1. The van der Waals surface area contributed by atoms with Crippen molar-refractivity contribution in [1.82, 2.24) is 10.2 Å². The Labute approximate surface area is 112 Å². The van der Waals surface area contributed by atoms with Crippen molar-refractivity contribution in [3.63, 3.8) is 0 Å². The van der Waals surface area contributed by atoms with Crippen LogP contribution in [0.3, 0.4) is 0 Å². The van der Waals surface area contributed by atoms with E-state index in [2.05, 4.69) is 24.1 Å². The molecule has 0 aromatic heterocycles. The fraction of sp³-hybridized carbons (Fsp3) is 1.00. The quantitative estimate of drug-likeness (QED) is 0.694. The molecule has 2 aliphatic rings. The molecule has 1 heterocycles. The van der Waals surface area contributed by atoms with E-state index in [9.17, 15) is 5.11 Å². The maximum atomic E-state index is 9.54. The molecule has 1 aliphatic carbocycles. The fourth-order valence-corrected chi connectivity index (χ4v) is 3.12. The van der Waals surface area contributed by atoms with E-state index in [0.29, 0.717) is 6.61 Å². The van der Waals surface area contributed by atoms with Crippen LogP contribution in [0.5, 0.6) is 0 Å². The first-order chi connectivity index (χ1) is 8.73. The molecule has 106 valence electrons. The van der Waals surface area contributed by atoms with Crippen LogP contribution in [0.1, 0.15) is 46.0 Å². The molecule has 0 aromatic carbocycles. The highest BCUT2D eigenvalue weighted by molar-refractivity contribution is 4.90. The second kappa shape index (κ2) is 6.36. The van der Waals surface area contributed by atoms with Gasteiger partial charge in [-0.2, -0.15) is 0 Å². The maximum Gasteiger partial charge on any atom is 0.0499 e. The van der Waals surface area contributed by atoms with Crippen LogP contribution in [0.2, 0.25) is 0 Å². The maximum absolute atomic E-state index is 9.54. The van der Waals surface area contributed by atoms with E-state index in [1.807, 2.05) is 0 Å². The summed E-state index contributed by atoms with van der Waals surface area (Å²) >= 11 is 0. The van der Waals surface area contributed by atoms with Crippen molar-refractivity contribution >= 4 is 0 Å². The van der Waals surface area contributed by atoms with Gasteiger partial charge >= 0.3 is 0 Å². The lowest BCUT2D eigenvalue weighted by atomic mass is 9.83. The van der Waals surface area contributed by atoms with Gasteiger partial charge in [0.25, 0.3) is 0 Å². The van der Waals surface area contributed by atoms with E-state index in [0.717, 1.165) is 37.9 Å². The number of hydrogen-bond acceptors (Lipinski definition) is 3. The second-order valence-corrected chi connectivity index (χ2v) is 6.38. The average Bonchev–Trinajstić information content (AvgIpc) is 3.16. The van der Waals surface area contributed by atoms with E-state index >= 15 is 0 Å². The molecule has 1 unspecified atom stereocenters. The van der Waals surface area contributed by atoms with Crippen molar-refractivity contribution in [2.45, 2.75) is 52.0 Å². The van der Waals surface area contributed by atoms with Gasteiger partial charge in [0.1, 0.15) is 0 Å². The summed E-state index contributed by atoms with van der Waals surface area (Å²) in [7, 11) is 0. The minimum atomic E-state index is 0.106. The van der Waals surface area contributed by atoms with Crippen molar-refractivity contribution in [2.75, 3.05) is 32.8 Å². The number of likely N-dealkylation sites (tertiary alicyclic amines) is 1. The van der Waals surface area contributed by atoms with Crippen molar-refractivity contribution in [2.24, 2.45) is 11.3 Å². The van der Waals surface area contributed by atoms with Crippen molar-refractivity contribution in [3.05, 3.63) is 0 Å². The smallest absolute Gasteiger partial charge is 0.0499 e. The van der Waals surface area contributed by atoms with Crippen LogP contribution in [0, 0.1) is 11.3 Å². The van der Waals surface area contributed by atoms with Crippen LogP contribution in [0.25, 0.3) is 0 Å². The van der Waals surface area contributed by atoms with Gasteiger partial charge in [-0.25, -0.2) is 0 Å². The molecule has 0 aromatic rings. The molecule has 0 bridgehead atoms. The number of nitrogens with zero attached hydrogens (tertiary/aromatic N) is 1. The summed E-state index contributed by atoms with van der Waals surface area (Å²) in [6.45, 7) is 9.39. The molecule has 0 radical (unpaired) electrons. The average molecular weight is 254 g/mol. The monoisotopic (exact) mass is 254 g/mol. The number of rotatable bonds is 8. The Balaban J connectivity index is 1.65. The molecule has 2 N–H and O–H groups in total. The van der Waals surface area contributed by atoms with Gasteiger partial charge in [-0.15, -0.1) is 0 Å². The van der Waals surface area contributed by atoms with E-state index < -0.39 is 0 Å². The molecule has 1 aliphatic heterocycles. The lowest BCUT2D eigenvalue weighted by molar-refractivity contribution is 0.112. The Morgan fingerprint density at radius 1 is 1.22 bits per heavy atom. The van der Waals surface area contributed by atoms with Gasteiger partial charge in [0, 0.05) is 31.2 Å². The Morgan fingerprint density at radius 2 is 1.94 bits per heavy atom. The molecule has 0 spiro atoms. The summed E-state index contributed by atoms with van der Waals surface area (Å²) in [4.78, 5) is 2.67. The largest absolute Gasteiger partial charge is 0.396 e. The van der Waals surface area contributed by atoms with Crippen LogP contribution < -0.4 is 5.32 Å². The zero-order valence-corrected chi connectivity index (χ0v) is 12.1. The van der Waals surface area contributed by atoms with Crippen molar-refractivity contribution in [1.29, 1.82) is 0 Å². The number of aliphatic hydroxyl groups is 1. The van der Waals surface area contributed by atoms with Crippen molar-refractivity contribution < 1.29 is 5.11 Å². The summed E-state index contributed by atoms with van der Waals surface area (Å²) in [6.07, 6.45) is 6.34. The van der Waals surface area contributed by atoms with Crippen LogP contribution in [-0.4, -0.2) is 48.8 Å². The van der Waals surface area contributed by atoms with Gasteiger partial charge in [-0.05, 0) is 51.1 Å². The third kappa shape index (κ3) is 3.46. The fourth-order valence-electron chi connectivity index (χ4n) is 3.12. The van der Waals surface area contributed by atoms with Crippen LogP contribution in [0.4, 0.5) is 0 Å². The van der Waals surface area contributed by atoms with Gasteiger partial charge in [0.2, 0.25) is 0 Å². The Hall–Kier alpha value is -0.120. The van der Waals surface area contributed by atoms with Crippen molar-refractivity contribution in [3.8, 4) is 0 Å². The van der Waals surface area contributed by atoms with Gasteiger partial charge in [0.05, 0.1) is 0 Å². The highest BCUT2D eigenvalue weighted by atomic mass is 16.3. The van der Waals surface area contributed by atoms with E-state index in [1.54, 1.807) is 0 Å². The van der Waals surface area contributed by atoms with E-state index in [-0.39, 0.29) is 5.41 Å². The zero-order valence-electron chi connectivity index (χ0n) is 12.1. The summed E-state index contributed by atoms with van der Waals surface area (Å²) < 4.78 is 0. The summed E-state index contributed by atoms with van der Waals surface area (Å²) in [5, 5.41) is 13.2. The minimum Gasteiger partial charge on any atom is -0.396 e. The van der Waals surface area contributed by atoms with Gasteiger partial charge in [-0.3, -0.25) is 0 Å². The molecular formula is C15H30N2O. The first-order valence-electron chi connectivity index (χ1n) is 7.78. The Kier molecular flexibility index (Phi) is 5.05. The molecule has 1 saturated carbocycles. The van der Waals surface area contributed by atoms with Crippen LogP contribution in [0.15, 0.2) is 0 Å². The lowest BCUT2D eigenvalue weighted by Gasteiger charge is -2.30. The molecule has 2 fully saturated rings. The number of nitrogens with one attached hydrogen (secondary N) is 1. The normalized spacial score (nSPS) is 25.8. The van der Waals surface area contributed by atoms with Gasteiger partial charge in [0.15, 0.2) is 0 Å². The molecule has 1 saturated heterocycles. The third-order valence-electron chi connectivity index (χ3n) is 5.15. The Bertz CT molecular complexity index is 241.